The third kappa shape index (κ3) is 4.32. The summed E-state index contributed by atoms with van der Waals surface area (Å²) in [5.74, 6) is 0.327. The number of thioether (sulfide) groups is 1. The van der Waals surface area contributed by atoms with Crippen LogP contribution < -0.4 is 0 Å². The molecule has 0 amide bonds. The standard InChI is InChI=1S/C27H22O2S/c1-18-14-20(15-19(2)26(18)28)12-13-23-16-21-8-6-7-9-22(21)17-25(23)27(29)30-24-10-4-3-5-11-24/h3-17,28H,1-2H3/b13-12+. The summed E-state index contributed by atoms with van der Waals surface area (Å²) in [7, 11) is 0. The van der Waals surface area contributed by atoms with Crippen LogP contribution in [-0.2, 0) is 0 Å². The molecule has 0 spiro atoms. The minimum atomic E-state index is 0.0182. The summed E-state index contributed by atoms with van der Waals surface area (Å²) >= 11 is 1.24. The van der Waals surface area contributed by atoms with Crippen LogP contribution >= 0.6 is 11.8 Å². The molecule has 2 nitrogen and oxygen atoms in total. The molecular formula is C27H22O2S. The minimum absolute atomic E-state index is 0.0182. The molecule has 0 bridgehead atoms. The molecule has 0 aliphatic carbocycles. The molecule has 4 aromatic rings. The Morgan fingerprint density at radius 3 is 2.07 bits per heavy atom. The van der Waals surface area contributed by atoms with E-state index in [-0.39, 0.29) is 5.12 Å². The molecule has 0 saturated heterocycles. The number of phenols is 1. The second-order valence-corrected chi connectivity index (χ2v) is 8.37. The molecule has 0 unspecified atom stereocenters. The van der Waals surface area contributed by atoms with Crippen LogP contribution in [-0.4, -0.2) is 10.2 Å². The van der Waals surface area contributed by atoms with E-state index in [1.165, 1.54) is 11.8 Å². The number of aryl methyl sites for hydroxylation is 2. The highest BCUT2D eigenvalue weighted by Crippen LogP contribution is 2.29. The average molecular weight is 411 g/mol. The molecule has 3 heteroatoms. The lowest BCUT2D eigenvalue weighted by molar-refractivity contribution is 0.108. The summed E-state index contributed by atoms with van der Waals surface area (Å²) in [4.78, 5) is 14.1. The molecule has 0 saturated carbocycles. The Labute approximate surface area is 180 Å². The van der Waals surface area contributed by atoms with Crippen molar-refractivity contribution in [2.45, 2.75) is 18.7 Å². The largest absolute Gasteiger partial charge is 0.507 e. The lowest BCUT2D eigenvalue weighted by atomic mass is 9.99. The van der Waals surface area contributed by atoms with Gasteiger partial charge in [0.2, 0.25) is 5.12 Å². The molecule has 4 aromatic carbocycles. The van der Waals surface area contributed by atoms with Gasteiger partial charge in [0.25, 0.3) is 0 Å². The van der Waals surface area contributed by atoms with Crippen LogP contribution in [0.3, 0.4) is 0 Å². The number of fused-ring (bicyclic) bond motifs is 1. The van der Waals surface area contributed by atoms with Gasteiger partial charge in [0.15, 0.2) is 0 Å². The number of carbonyl (C=O) groups excluding carboxylic acids is 1. The normalized spacial score (nSPS) is 11.3. The van der Waals surface area contributed by atoms with Crippen LogP contribution in [0.2, 0.25) is 0 Å². The molecule has 0 atom stereocenters. The predicted octanol–water partition coefficient (Wildman–Crippen LogP) is 7.27. The van der Waals surface area contributed by atoms with E-state index in [1.54, 1.807) is 0 Å². The van der Waals surface area contributed by atoms with Crippen LogP contribution in [0.5, 0.6) is 5.75 Å². The van der Waals surface area contributed by atoms with E-state index in [0.29, 0.717) is 11.3 Å². The molecule has 1 N–H and O–H groups in total. The SMILES string of the molecule is Cc1cc(/C=C/c2cc3ccccc3cc2C(=O)Sc2ccccc2)cc(C)c1O. The highest BCUT2D eigenvalue weighted by molar-refractivity contribution is 8.14. The Balaban J connectivity index is 1.75. The van der Waals surface area contributed by atoms with Gasteiger partial charge in [-0.2, -0.15) is 0 Å². The van der Waals surface area contributed by atoms with Gasteiger partial charge in [-0.25, -0.2) is 0 Å². The van der Waals surface area contributed by atoms with Crippen molar-refractivity contribution in [3.8, 4) is 5.75 Å². The fraction of sp³-hybridized carbons (Fsp3) is 0.0741. The average Bonchev–Trinajstić information content (AvgIpc) is 2.76. The molecule has 148 valence electrons. The van der Waals surface area contributed by atoms with Crippen LogP contribution in [0.4, 0.5) is 0 Å². The molecule has 0 fully saturated rings. The molecule has 4 rings (SSSR count). The van der Waals surface area contributed by atoms with Gasteiger partial charge in [-0.05, 0) is 95.0 Å². The van der Waals surface area contributed by atoms with E-state index < -0.39 is 0 Å². The van der Waals surface area contributed by atoms with Gasteiger partial charge < -0.3 is 5.11 Å². The molecule has 30 heavy (non-hydrogen) atoms. The summed E-state index contributed by atoms with van der Waals surface area (Å²) in [5, 5.41) is 12.2. The number of hydrogen-bond donors (Lipinski definition) is 1. The Morgan fingerprint density at radius 2 is 1.40 bits per heavy atom. The highest BCUT2D eigenvalue weighted by atomic mass is 32.2. The summed E-state index contributed by atoms with van der Waals surface area (Å²) in [6, 6.07) is 25.7. The number of benzene rings is 4. The quantitative estimate of drug-likeness (QED) is 0.284. The smallest absolute Gasteiger partial charge is 0.224 e. The molecule has 0 aliphatic rings. The number of hydrogen-bond acceptors (Lipinski definition) is 3. The van der Waals surface area contributed by atoms with Crippen LogP contribution in [0.25, 0.3) is 22.9 Å². The first-order chi connectivity index (χ1) is 14.5. The number of aromatic hydroxyl groups is 1. The Kier molecular flexibility index (Phi) is 5.73. The monoisotopic (exact) mass is 410 g/mol. The Hall–Kier alpha value is -3.30. The van der Waals surface area contributed by atoms with Crippen molar-refractivity contribution in [2.75, 3.05) is 0 Å². The minimum Gasteiger partial charge on any atom is -0.507 e. The second-order valence-electron chi connectivity index (χ2n) is 7.33. The summed E-state index contributed by atoms with van der Waals surface area (Å²) in [6.07, 6.45) is 3.98. The highest BCUT2D eigenvalue weighted by Gasteiger charge is 2.13. The fourth-order valence-corrected chi connectivity index (χ4v) is 4.29. The first kappa shape index (κ1) is 20.0. The third-order valence-electron chi connectivity index (χ3n) is 5.06. The summed E-state index contributed by atoms with van der Waals surface area (Å²) in [6.45, 7) is 3.78. The van der Waals surface area contributed by atoms with Crippen molar-refractivity contribution in [1.29, 1.82) is 0 Å². The zero-order chi connectivity index (χ0) is 21.1. The Morgan fingerprint density at radius 1 is 0.800 bits per heavy atom. The zero-order valence-corrected chi connectivity index (χ0v) is 17.7. The van der Waals surface area contributed by atoms with Crippen LogP contribution in [0.1, 0.15) is 32.6 Å². The number of phenolic OH excluding ortho intramolecular Hbond substituents is 1. The summed E-state index contributed by atoms with van der Waals surface area (Å²) in [5.41, 5.74) is 4.23. The van der Waals surface area contributed by atoms with Crippen molar-refractivity contribution in [3.63, 3.8) is 0 Å². The number of carbonyl (C=O) groups is 1. The lowest BCUT2D eigenvalue weighted by Crippen LogP contribution is -1.97. The lowest BCUT2D eigenvalue weighted by Gasteiger charge is -2.09. The van der Waals surface area contributed by atoms with Gasteiger partial charge in [0, 0.05) is 10.5 Å². The maximum atomic E-state index is 13.1. The molecule has 0 aromatic heterocycles. The third-order valence-corrected chi connectivity index (χ3v) is 5.97. The van der Waals surface area contributed by atoms with E-state index in [0.717, 1.165) is 37.9 Å². The second kappa shape index (κ2) is 8.60. The molecule has 0 heterocycles. The van der Waals surface area contributed by atoms with Crippen molar-refractivity contribution in [2.24, 2.45) is 0 Å². The van der Waals surface area contributed by atoms with Crippen LogP contribution in [0.15, 0.2) is 83.8 Å². The van der Waals surface area contributed by atoms with Crippen molar-refractivity contribution >= 4 is 39.8 Å². The summed E-state index contributed by atoms with van der Waals surface area (Å²) < 4.78 is 0. The van der Waals surface area contributed by atoms with E-state index >= 15 is 0 Å². The maximum absolute atomic E-state index is 13.1. The van der Waals surface area contributed by atoms with Gasteiger partial charge in [0.1, 0.15) is 5.75 Å². The molecule has 0 radical (unpaired) electrons. The van der Waals surface area contributed by atoms with Crippen molar-refractivity contribution < 1.29 is 9.90 Å². The van der Waals surface area contributed by atoms with Gasteiger partial charge in [-0.3, -0.25) is 4.79 Å². The van der Waals surface area contributed by atoms with Crippen molar-refractivity contribution in [3.05, 3.63) is 107 Å². The zero-order valence-electron chi connectivity index (χ0n) is 16.9. The van der Waals surface area contributed by atoms with Crippen LogP contribution in [0, 0.1) is 13.8 Å². The van der Waals surface area contributed by atoms with Gasteiger partial charge in [-0.15, -0.1) is 0 Å². The van der Waals surface area contributed by atoms with Gasteiger partial charge in [-0.1, -0.05) is 54.6 Å². The number of rotatable bonds is 4. The van der Waals surface area contributed by atoms with Crippen molar-refractivity contribution in [1.82, 2.24) is 0 Å². The van der Waals surface area contributed by atoms with E-state index in [9.17, 15) is 9.90 Å². The first-order valence-corrected chi connectivity index (χ1v) is 10.6. The molecular weight excluding hydrogens is 388 g/mol. The van der Waals surface area contributed by atoms with E-state index in [4.69, 9.17) is 0 Å². The fourth-order valence-electron chi connectivity index (χ4n) is 3.49. The van der Waals surface area contributed by atoms with Gasteiger partial charge in [0.05, 0.1) is 0 Å². The first-order valence-electron chi connectivity index (χ1n) is 9.79. The van der Waals surface area contributed by atoms with E-state index in [2.05, 4.69) is 12.1 Å². The van der Waals surface area contributed by atoms with E-state index in [1.807, 2.05) is 92.7 Å². The Bertz CT molecular complexity index is 1230. The molecule has 0 aliphatic heterocycles. The topological polar surface area (TPSA) is 37.3 Å². The predicted molar refractivity (Wildman–Crippen MR) is 127 cm³/mol. The maximum Gasteiger partial charge on any atom is 0.224 e. The van der Waals surface area contributed by atoms with Gasteiger partial charge >= 0.3 is 0 Å².